The fourth-order valence-corrected chi connectivity index (χ4v) is 3.25. The molecule has 0 radical (unpaired) electrons. The Bertz CT molecular complexity index is 1120. The highest BCUT2D eigenvalue weighted by molar-refractivity contribution is 6.05. The number of furan rings is 2. The number of carbonyl (C=O) groups is 2. The standard InChI is InChI=1S/C26H30O12/c1-31-25(29)21-7-8-22(37-13-17(27)11-33-15-19-5-3-9-35-19)24(23(21)26(30)32-2)38-14-18(28)12-34-16-20-6-4-10-36-20/h3-10,17-18,27-28H,11-16H2,1-2H3. The van der Waals surface area contributed by atoms with Crippen LogP contribution in [0.2, 0.25) is 0 Å². The SMILES string of the molecule is COC(=O)c1ccc(OCC(O)COCc2ccco2)c(OCC(O)COCc2ccco2)c1C(=O)OC. The van der Waals surface area contributed by atoms with Gasteiger partial charge >= 0.3 is 11.9 Å². The molecule has 0 aliphatic rings. The van der Waals surface area contributed by atoms with E-state index in [4.69, 9.17) is 37.3 Å². The van der Waals surface area contributed by atoms with Gasteiger partial charge in [0.15, 0.2) is 11.5 Å². The van der Waals surface area contributed by atoms with E-state index in [0.29, 0.717) is 11.5 Å². The number of aliphatic hydroxyl groups is 2. The van der Waals surface area contributed by atoms with Gasteiger partial charge in [0.25, 0.3) is 0 Å². The molecule has 0 saturated carbocycles. The van der Waals surface area contributed by atoms with Crippen molar-refractivity contribution in [1.29, 1.82) is 0 Å². The third-order valence-corrected chi connectivity index (χ3v) is 5.04. The minimum atomic E-state index is -1.11. The second-order valence-corrected chi connectivity index (χ2v) is 7.92. The summed E-state index contributed by atoms with van der Waals surface area (Å²) in [5.74, 6) is -0.673. The highest BCUT2D eigenvalue weighted by Gasteiger charge is 2.28. The predicted octanol–water partition coefficient (Wildman–Crippen LogP) is 2.36. The molecule has 3 rings (SSSR count). The van der Waals surface area contributed by atoms with Crippen LogP contribution in [-0.2, 0) is 32.2 Å². The molecule has 2 heterocycles. The van der Waals surface area contributed by atoms with Gasteiger partial charge in [0, 0.05) is 0 Å². The van der Waals surface area contributed by atoms with Gasteiger partial charge in [-0.25, -0.2) is 9.59 Å². The summed E-state index contributed by atoms with van der Waals surface area (Å²) in [5, 5.41) is 20.6. The number of hydrogen-bond donors (Lipinski definition) is 2. The quantitative estimate of drug-likeness (QED) is 0.259. The Labute approximate surface area is 218 Å². The number of aliphatic hydroxyl groups excluding tert-OH is 2. The van der Waals surface area contributed by atoms with Gasteiger partial charge in [0.2, 0.25) is 0 Å². The molecule has 0 amide bonds. The van der Waals surface area contributed by atoms with E-state index in [1.54, 1.807) is 24.3 Å². The third-order valence-electron chi connectivity index (χ3n) is 5.04. The molecule has 38 heavy (non-hydrogen) atoms. The van der Waals surface area contributed by atoms with E-state index < -0.39 is 24.1 Å². The van der Waals surface area contributed by atoms with Crippen molar-refractivity contribution >= 4 is 11.9 Å². The summed E-state index contributed by atoms with van der Waals surface area (Å²) in [6.07, 6.45) is 0.870. The van der Waals surface area contributed by atoms with E-state index >= 15 is 0 Å². The molecule has 0 fully saturated rings. The molecular weight excluding hydrogens is 504 g/mol. The smallest absolute Gasteiger partial charge is 0.342 e. The zero-order chi connectivity index (χ0) is 27.3. The zero-order valence-electron chi connectivity index (χ0n) is 21.0. The molecule has 2 aromatic heterocycles. The average Bonchev–Trinajstić information content (AvgIpc) is 3.64. The van der Waals surface area contributed by atoms with Gasteiger partial charge < -0.3 is 47.5 Å². The molecule has 2 unspecified atom stereocenters. The molecule has 3 aromatic rings. The summed E-state index contributed by atoms with van der Waals surface area (Å²) in [4.78, 5) is 24.9. The Morgan fingerprint density at radius 1 is 0.763 bits per heavy atom. The van der Waals surface area contributed by atoms with Gasteiger partial charge in [-0.3, -0.25) is 0 Å². The summed E-state index contributed by atoms with van der Waals surface area (Å²) in [6, 6.07) is 9.58. The van der Waals surface area contributed by atoms with Crippen molar-refractivity contribution < 1.29 is 57.1 Å². The molecule has 1 aromatic carbocycles. The maximum absolute atomic E-state index is 12.6. The molecule has 206 valence electrons. The average molecular weight is 535 g/mol. The van der Waals surface area contributed by atoms with Crippen LogP contribution in [0, 0.1) is 0 Å². The lowest BCUT2D eigenvalue weighted by atomic mass is 10.1. The summed E-state index contributed by atoms with van der Waals surface area (Å²) >= 11 is 0. The molecular formula is C26H30O12. The second kappa shape index (κ2) is 14.8. The number of rotatable bonds is 16. The third kappa shape index (κ3) is 8.35. The molecule has 0 bridgehead atoms. The van der Waals surface area contributed by atoms with Crippen molar-refractivity contribution in [3.8, 4) is 11.5 Å². The summed E-state index contributed by atoms with van der Waals surface area (Å²) < 4.78 is 42.2. The summed E-state index contributed by atoms with van der Waals surface area (Å²) in [7, 11) is 2.30. The van der Waals surface area contributed by atoms with E-state index in [1.165, 1.54) is 24.7 Å². The van der Waals surface area contributed by atoms with Crippen molar-refractivity contribution in [1.82, 2.24) is 0 Å². The van der Waals surface area contributed by atoms with E-state index in [2.05, 4.69) is 0 Å². The Balaban J connectivity index is 1.69. The highest BCUT2D eigenvalue weighted by Crippen LogP contribution is 2.35. The lowest BCUT2D eigenvalue weighted by molar-refractivity contribution is -0.00415. The van der Waals surface area contributed by atoms with Gasteiger partial charge in [-0.05, 0) is 36.4 Å². The van der Waals surface area contributed by atoms with Crippen molar-refractivity contribution in [3.05, 3.63) is 71.6 Å². The van der Waals surface area contributed by atoms with Crippen molar-refractivity contribution in [3.63, 3.8) is 0 Å². The van der Waals surface area contributed by atoms with Gasteiger partial charge in [-0.2, -0.15) is 0 Å². The van der Waals surface area contributed by atoms with Gasteiger partial charge in [-0.1, -0.05) is 0 Å². The number of ether oxygens (including phenoxy) is 6. The molecule has 0 saturated heterocycles. The normalized spacial score (nSPS) is 12.5. The highest BCUT2D eigenvalue weighted by atomic mass is 16.6. The molecule has 0 aliphatic heterocycles. The maximum atomic E-state index is 12.6. The van der Waals surface area contributed by atoms with Crippen LogP contribution in [0.25, 0.3) is 0 Å². The van der Waals surface area contributed by atoms with Gasteiger partial charge in [0.1, 0.15) is 55.7 Å². The fourth-order valence-electron chi connectivity index (χ4n) is 3.25. The van der Waals surface area contributed by atoms with Gasteiger partial charge in [0.05, 0.1) is 45.5 Å². The Morgan fingerprint density at radius 3 is 1.82 bits per heavy atom. The number of esters is 2. The van der Waals surface area contributed by atoms with Crippen LogP contribution in [0.15, 0.2) is 57.8 Å². The molecule has 12 nitrogen and oxygen atoms in total. The topological polar surface area (TPSA) is 156 Å². The Morgan fingerprint density at radius 2 is 1.32 bits per heavy atom. The predicted molar refractivity (Wildman–Crippen MR) is 129 cm³/mol. The van der Waals surface area contributed by atoms with Crippen LogP contribution < -0.4 is 9.47 Å². The largest absolute Gasteiger partial charge is 0.487 e. The summed E-state index contributed by atoms with van der Waals surface area (Å²) in [6.45, 7) is -0.415. The number of carbonyl (C=O) groups excluding carboxylic acids is 2. The van der Waals surface area contributed by atoms with E-state index in [9.17, 15) is 19.8 Å². The first-order valence-electron chi connectivity index (χ1n) is 11.6. The van der Waals surface area contributed by atoms with Crippen molar-refractivity contribution in [2.24, 2.45) is 0 Å². The zero-order valence-corrected chi connectivity index (χ0v) is 21.0. The minimum Gasteiger partial charge on any atom is -0.487 e. The number of methoxy groups -OCH3 is 2. The maximum Gasteiger partial charge on any atom is 0.342 e. The molecule has 12 heteroatoms. The molecule has 0 aliphatic carbocycles. The Hall–Kier alpha value is -3.84. The van der Waals surface area contributed by atoms with Crippen LogP contribution in [0.3, 0.4) is 0 Å². The van der Waals surface area contributed by atoms with E-state index in [0.717, 1.165) is 14.2 Å². The first kappa shape index (κ1) is 28.7. The minimum absolute atomic E-state index is 0.0202. The van der Waals surface area contributed by atoms with Crippen LogP contribution in [0.4, 0.5) is 0 Å². The van der Waals surface area contributed by atoms with E-state index in [-0.39, 0.29) is 62.3 Å². The van der Waals surface area contributed by atoms with Gasteiger partial charge in [-0.15, -0.1) is 0 Å². The van der Waals surface area contributed by atoms with Crippen LogP contribution in [0.1, 0.15) is 32.2 Å². The summed E-state index contributed by atoms with van der Waals surface area (Å²) in [5.41, 5.74) is -0.392. The lowest BCUT2D eigenvalue weighted by Crippen LogP contribution is -2.26. The second-order valence-electron chi connectivity index (χ2n) is 7.92. The van der Waals surface area contributed by atoms with E-state index in [1.807, 2.05) is 0 Å². The first-order valence-corrected chi connectivity index (χ1v) is 11.6. The fraction of sp³-hybridized carbons (Fsp3) is 0.385. The first-order chi connectivity index (χ1) is 18.4. The van der Waals surface area contributed by atoms with Crippen LogP contribution >= 0.6 is 0 Å². The molecule has 0 spiro atoms. The monoisotopic (exact) mass is 534 g/mol. The number of hydrogen-bond acceptors (Lipinski definition) is 12. The lowest BCUT2D eigenvalue weighted by Gasteiger charge is -2.20. The molecule has 2 N–H and O–H groups in total. The molecule has 2 atom stereocenters. The van der Waals surface area contributed by atoms with Crippen LogP contribution in [0.5, 0.6) is 11.5 Å². The van der Waals surface area contributed by atoms with Crippen molar-refractivity contribution in [2.45, 2.75) is 25.4 Å². The van der Waals surface area contributed by atoms with Crippen molar-refractivity contribution in [2.75, 3.05) is 40.6 Å². The Kier molecular flexibility index (Phi) is 11.2. The number of benzene rings is 1. The van der Waals surface area contributed by atoms with Crippen LogP contribution in [-0.4, -0.2) is 75.0 Å².